The molecule has 2 nitrogen and oxygen atoms in total. The smallest absolute Gasteiger partial charge is 0.0801 e. The minimum absolute atomic E-state index is 0.640. The van der Waals surface area contributed by atoms with Gasteiger partial charge in [0.15, 0.2) is 0 Å². The van der Waals surface area contributed by atoms with Crippen LogP contribution in [0.4, 0.5) is 0 Å². The number of halogens is 1. The van der Waals surface area contributed by atoms with Gasteiger partial charge >= 0.3 is 0 Å². The van der Waals surface area contributed by atoms with Gasteiger partial charge in [-0.25, -0.2) is 4.98 Å². The molecule has 1 aromatic carbocycles. The Hall–Kier alpha value is -0.710. The first-order chi connectivity index (χ1) is 7.33. The van der Waals surface area contributed by atoms with Crippen molar-refractivity contribution in [2.45, 2.75) is 6.42 Å². The van der Waals surface area contributed by atoms with Gasteiger partial charge in [0, 0.05) is 16.5 Å². The lowest BCUT2D eigenvalue weighted by Gasteiger charge is -2.03. The summed E-state index contributed by atoms with van der Waals surface area (Å²) in [5.41, 5.74) is 9.72. The molecule has 0 atom stereocenters. The molecular weight excluding hydrogens is 272 g/mol. The van der Waals surface area contributed by atoms with Crippen molar-refractivity contribution in [1.29, 1.82) is 0 Å². The Labute approximate surface area is 101 Å². The quantitative estimate of drug-likeness (QED) is 0.940. The van der Waals surface area contributed by atoms with Crippen LogP contribution in [0.2, 0.25) is 0 Å². The second kappa shape index (κ2) is 4.88. The van der Waals surface area contributed by atoms with Crippen LogP contribution in [0.3, 0.4) is 0 Å². The molecule has 1 aromatic heterocycles. The fourth-order valence-corrected chi connectivity index (χ4v) is 2.94. The highest BCUT2D eigenvalue weighted by molar-refractivity contribution is 9.10. The molecule has 2 rings (SSSR count). The van der Waals surface area contributed by atoms with Crippen molar-refractivity contribution < 1.29 is 0 Å². The summed E-state index contributed by atoms with van der Waals surface area (Å²) in [5.74, 6) is 0. The molecule has 1 heterocycles. The summed E-state index contributed by atoms with van der Waals surface area (Å²) in [6.07, 6.45) is 0.833. The third kappa shape index (κ3) is 2.27. The van der Waals surface area contributed by atoms with Crippen LogP contribution in [-0.2, 0) is 6.42 Å². The lowest BCUT2D eigenvalue weighted by atomic mass is 10.1. The standard InChI is InChI=1S/C11H11BrN2S/c12-9-4-2-1-3-8(9)11-10(5-6-13)14-7-15-11/h1-4,7H,5-6,13H2. The molecule has 0 bridgehead atoms. The molecule has 0 saturated carbocycles. The van der Waals surface area contributed by atoms with Crippen molar-refractivity contribution in [2.24, 2.45) is 5.73 Å². The first kappa shape index (κ1) is 10.8. The van der Waals surface area contributed by atoms with E-state index in [-0.39, 0.29) is 0 Å². The molecule has 0 spiro atoms. The number of nitrogens with two attached hydrogens (primary N) is 1. The molecule has 2 N–H and O–H groups in total. The van der Waals surface area contributed by atoms with Crippen molar-refractivity contribution >= 4 is 27.3 Å². The Morgan fingerprint density at radius 1 is 1.33 bits per heavy atom. The van der Waals surface area contributed by atoms with Crippen molar-refractivity contribution in [3.05, 3.63) is 39.9 Å². The molecule has 0 aliphatic carbocycles. The lowest BCUT2D eigenvalue weighted by molar-refractivity contribution is 0.937. The van der Waals surface area contributed by atoms with E-state index in [9.17, 15) is 0 Å². The largest absolute Gasteiger partial charge is 0.330 e. The summed E-state index contributed by atoms with van der Waals surface area (Å²) in [5, 5.41) is 0. The third-order valence-corrected chi connectivity index (χ3v) is 3.73. The first-order valence-electron chi connectivity index (χ1n) is 4.70. The molecule has 0 radical (unpaired) electrons. The molecule has 0 aliphatic rings. The van der Waals surface area contributed by atoms with Gasteiger partial charge < -0.3 is 5.73 Å². The number of hydrogen-bond acceptors (Lipinski definition) is 3. The van der Waals surface area contributed by atoms with Crippen LogP contribution < -0.4 is 5.73 Å². The van der Waals surface area contributed by atoms with Gasteiger partial charge in [0.25, 0.3) is 0 Å². The first-order valence-corrected chi connectivity index (χ1v) is 6.37. The molecular formula is C11H11BrN2S. The van der Waals surface area contributed by atoms with Gasteiger partial charge in [0.1, 0.15) is 0 Å². The Morgan fingerprint density at radius 3 is 2.87 bits per heavy atom. The summed E-state index contributed by atoms with van der Waals surface area (Å²) in [7, 11) is 0. The zero-order valence-corrected chi connectivity index (χ0v) is 10.5. The molecule has 78 valence electrons. The Bertz CT molecular complexity index is 453. The van der Waals surface area contributed by atoms with E-state index in [2.05, 4.69) is 27.0 Å². The second-order valence-electron chi connectivity index (χ2n) is 3.15. The minimum atomic E-state index is 0.640. The summed E-state index contributed by atoms with van der Waals surface area (Å²) in [6, 6.07) is 8.18. The number of rotatable bonds is 3. The van der Waals surface area contributed by atoms with E-state index in [4.69, 9.17) is 5.73 Å². The Balaban J connectivity index is 2.45. The van der Waals surface area contributed by atoms with Crippen LogP contribution in [0.1, 0.15) is 5.69 Å². The van der Waals surface area contributed by atoms with Crippen LogP contribution in [-0.4, -0.2) is 11.5 Å². The zero-order chi connectivity index (χ0) is 10.7. The van der Waals surface area contributed by atoms with E-state index in [1.165, 1.54) is 10.4 Å². The van der Waals surface area contributed by atoms with Gasteiger partial charge in [-0.15, -0.1) is 11.3 Å². The van der Waals surface area contributed by atoms with Crippen molar-refractivity contribution in [2.75, 3.05) is 6.54 Å². The normalized spacial score (nSPS) is 10.5. The molecule has 0 aliphatic heterocycles. The highest BCUT2D eigenvalue weighted by Gasteiger charge is 2.09. The Morgan fingerprint density at radius 2 is 2.13 bits per heavy atom. The number of benzene rings is 1. The number of nitrogens with zero attached hydrogens (tertiary/aromatic N) is 1. The number of aromatic nitrogens is 1. The highest BCUT2D eigenvalue weighted by Crippen LogP contribution is 2.33. The molecule has 15 heavy (non-hydrogen) atoms. The number of thiazole rings is 1. The van der Waals surface area contributed by atoms with E-state index in [0.29, 0.717) is 6.54 Å². The topological polar surface area (TPSA) is 38.9 Å². The van der Waals surface area contributed by atoms with Gasteiger partial charge in [-0.2, -0.15) is 0 Å². The maximum Gasteiger partial charge on any atom is 0.0801 e. The molecule has 0 fully saturated rings. The van der Waals surface area contributed by atoms with Crippen LogP contribution in [0.25, 0.3) is 10.4 Å². The average Bonchev–Trinajstić information content (AvgIpc) is 2.67. The zero-order valence-electron chi connectivity index (χ0n) is 8.11. The predicted molar refractivity (Wildman–Crippen MR) is 68.0 cm³/mol. The van der Waals surface area contributed by atoms with Gasteiger partial charge in [-0.05, 0) is 12.6 Å². The molecule has 0 saturated heterocycles. The highest BCUT2D eigenvalue weighted by atomic mass is 79.9. The van der Waals surface area contributed by atoms with E-state index in [0.717, 1.165) is 16.6 Å². The van der Waals surface area contributed by atoms with Gasteiger partial charge in [0.05, 0.1) is 16.1 Å². The minimum Gasteiger partial charge on any atom is -0.330 e. The maximum atomic E-state index is 5.56. The van der Waals surface area contributed by atoms with E-state index in [1.807, 2.05) is 23.7 Å². The van der Waals surface area contributed by atoms with Crippen molar-refractivity contribution in [3.8, 4) is 10.4 Å². The average molecular weight is 283 g/mol. The fraction of sp³-hybridized carbons (Fsp3) is 0.182. The summed E-state index contributed by atoms with van der Waals surface area (Å²) < 4.78 is 1.10. The summed E-state index contributed by atoms with van der Waals surface area (Å²) in [4.78, 5) is 5.56. The van der Waals surface area contributed by atoms with Crippen molar-refractivity contribution in [1.82, 2.24) is 4.98 Å². The SMILES string of the molecule is NCCc1ncsc1-c1ccccc1Br. The van der Waals surface area contributed by atoms with E-state index in [1.54, 1.807) is 11.3 Å². The van der Waals surface area contributed by atoms with Crippen LogP contribution in [0.15, 0.2) is 34.2 Å². The maximum absolute atomic E-state index is 5.56. The predicted octanol–water partition coefficient (Wildman–Crippen LogP) is 3.07. The van der Waals surface area contributed by atoms with Crippen LogP contribution >= 0.6 is 27.3 Å². The number of hydrogen-bond donors (Lipinski definition) is 1. The molecule has 0 amide bonds. The fourth-order valence-electron chi connectivity index (χ4n) is 1.45. The second-order valence-corrected chi connectivity index (χ2v) is 4.86. The van der Waals surface area contributed by atoms with Crippen LogP contribution in [0, 0.1) is 0 Å². The Kier molecular flexibility index (Phi) is 3.51. The van der Waals surface area contributed by atoms with E-state index >= 15 is 0 Å². The van der Waals surface area contributed by atoms with Crippen LogP contribution in [0.5, 0.6) is 0 Å². The third-order valence-electron chi connectivity index (χ3n) is 2.14. The lowest BCUT2D eigenvalue weighted by Crippen LogP contribution is -2.03. The van der Waals surface area contributed by atoms with E-state index < -0.39 is 0 Å². The van der Waals surface area contributed by atoms with Crippen molar-refractivity contribution in [3.63, 3.8) is 0 Å². The monoisotopic (exact) mass is 282 g/mol. The van der Waals surface area contributed by atoms with Gasteiger partial charge in [-0.3, -0.25) is 0 Å². The summed E-state index contributed by atoms with van der Waals surface area (Å²) >= 11 is 5.21. The molecule has 0 unspecified atom stereocenters. The summed E-state index contributed by atoms with van der Waals surface area (Å²) in [6.45, 7) is 0.640. The molecule has 4 heteroatoms. The van der Waals surface area contributed by atoms with Gasteiger partial charge in [-0.1, -0.05) is 34.1 Å². The van der Waals surface area contributed by atoms with Gasteiger partial charge in [0.2, 0.25) is 0 Å². The molecule has 2 aromatic rings.